The van der Waals surface area contributed by atoms with E-state index in [1.165, 1.54) is 0 Å². The zero-order valence-electron chi connectivity index (χ0n) is 5.77. The second kappa shape index (κ2) is 6.77. The third-order valence-electron chi connectivity index (χ3n) is 1.11. The molecular formula is C6H14INO. The van der Waals surface area contributed by atoms with Gasteiger partial charge in [-0.1, -0.05) is 22.6 Å². The van der Waals surface area contributed by atoms with Gasteiger partial charge in [0.05, 0.1) is 6.61 Å². The molecule has 1 atom stereocenters. The lowest BCUT2D eigenvalue weighted by Gasteiger charge is -2.09. The van der Waals surface area contributed by atoms with Crippen molar-refractivity contribution in [3.05, 3.63) is 0 Å². The highest BCUT2D eigenvalue weighted by molar-refractivity contribution is 14.1. The molecule has 0 aromatic carbocycles. The number of halogens is 1. The molecule has 0 fully saturated rings. The molecule has 0 spiro atoms. The van der Waals surface area contributed by atoms with Crippen LogP contribution in [0.1, 0.15) is 6.92 Å². The van der Waals surface area contributed by atoms with Crippen LogP contribution in [0.4, 0.5) is 0 Å². The third-order valence-corrected chi connectivity index (χ3v) is 2.35. The molecule has 0 aliphatic carbocycles. The van der Waals surface area contributed by atoms with Crippen molar-refractivity contribution >= 4 is 22.6 Å². The maximum Gasteiger partial charge on any atom is 0.0513 e. The first-order valence-electron chi connectivity index (χ1n) is 3.18. The molecule has 0 radical (unpaired) electrons. The zero-order chi connectivity index (χ0) is 7.11. The highest BCUT2D eigenvalue weighted by Crippen LogP contribution is 1.99. The van der Waals surface area contributed by atoms with Gasteiger partial charge in [-0.05, 0) is 13.5 Å². The van der Waals surface area contributed by atoms with Gasteiger partial charge in [0.2, 0.25) is 0 Å². The standard InChI is InChI=1S/C6H14INO/c1-2-9-5-6(3-7)4-8/h6H,2-5,8H2,1H3. The molecule has 0 aliphatic rings. The Kier molecular flexibility index (Phi) is 7.25. The first kappa shape index (κ1) is 9.65. The van der Waals surface area contributed by atoms with Gasteiger partial charge < -0.3 is 10.5 Å². The summed E-state index contributed by atoms with van der Waals surface area (Å²) in [6.45, 7) is 4.35. The number of hydrogen-bond acceptors (Lipinski definition) is 2. The van der Waals surface area contributed by atoms with Crippen LogP contribution in [0.15, 0.2) is 0 Å². The van der Waals surface area contributed by atoms with E-state index in [2.05, 4.69) is 22.6 Å². The molecule has 56 valence electrons. The first-order valence-corrected chi connectivity index (χ1v) is 4.71. The van der Waals surface area contributed by atoms with Crippen molar-refractivity contribution in [1.82, 2.24) is 0 Å². The fourth-order valence-corrected chi connectivity index (χ4v) is 1.07. The Bertz CT molecular complexity index is 57.0. The van der Waals surface area contributed by atoms with Crippen LogP contribution in [-0.4, -0.2) is 24.2 Å². The molecule has 0 saturated carbocycles. The lowest BCUT2D eigenvalue weighted by Crippen LogP contribution is -2.20. The van der Waals surface area contributed by atoms with Gasteiger partial charge >= 0.3 is 0 Å². The minimum atomic E-state index is 0.547. The summed E-state index contributed by atoms with van der Waals surface area (Å²) >= 11 is 2.33. The van der Waals surface area contributed by atoms with Gasteiger partial charge in [-0.25, -0.2) is 0 Å². The Morgan fingerprint density at radius 1 is 1.67 bits per heavy atom. The van der Waals surface area contributed by atoms with Gasteiger partial charge in [0, 0.05) is 17.0 Å². The van der Waals surface area contributed by atoms with Gasteiger partial charge in [0.25, 0.3) is 0 Å². The summed E-state index contributed by atoms with van der Waals surface area (Å²) in [5.41, 5.74) is 5.44. The quantitative estimate of drug-likeness (QED) is 0.578. The van der Waals surface area contributed by atoms with Gasteiger partial charge in [0.15, 0.2) is 0 Å². The molecule has 0 aromatic rings. The largest absolute Gasteiger partial charge is 0.381 e. The van der Waals surface area contributed by atoms with E-state index in [4.69, 9.17) is 10.5 Å². The molecule has 0 heterocycles. The summed E-state index contributed by atoms with van der Waals surface area (Å²) in [6.07, 6.45) is 0. The molecule has 0 saturated heterocycles. The Labute approximate surface area is 70.3 Å². The molecule has 0 bridgehead atoms. The number of alkyl halides is 1. The molecule has 0 amide bonds. The van der Waals surface area contributed by atoms with Crippen molar-refractivity contribution < 1.29 is 4.74 Å². The number of rotatable bonds is 5. The van der Waals surface area contributed by atoms with Crippen LogP contribution in [0.3, 0.4) is 0 Å². The van der Waals surface area contributed by atoms with Crippen LogP contribution < -0.4 is 5.73 Å². The summed E-state index contributed by atoms with van der Waals surface area (Å²) in [5.74, 6) is 0.547. The van der Waals surface area contributed by atoms with Crippen LogP contribution in [-0.2, 0) is 4.74 Å². The molecule has 2 nitrogen and oxygen atoms in total. The van der Waals surface area contributed by atoms with Crippen molar-refractivity contribution in [2.75, 3.05) is 24.2 Å². The van der Waals surface area contributed by atoms with Crippen LogP contribution in [0, 0.1) is 5.92 Å². The lowest BCUT2D eigenvalue weighted by molar-refractivity contribution is 0.121. The second-order valence-electron chi connectivity index (χ2n) is 1.92. The van der Waals surface area contributed by atoms with Gasteiger partial charge in [-0.15, -0.1) is 0 Å². The third kappa shape index (κ3) is 5.11. The van der Waals surface area contributed by atoms with Crippen LogP contribution >= 0.6 is 22.6 Å². The van der Waals surface area contributed by atoms with E-state index >= 15 is 0 Å². The van der Waals surface area contributed by atoms with Crippen LogP contribution in [0.2, 0.25) is 0 Å². The van der Waals surface area contributed by atoms with E-state index in [0.717, 1.165) is 24.2 Å². The van der Waals surface area contributed by atoms with E-state index < -0.39 is 0 Å². The predicted octanol–water partition coefficient (Wildman–Crippen LogP) is 1.03. The number of hydrogen-bond donors (Lipinski definition) is 1. The fourth-order valence-electron chi connectivity index (χ4n) is 0.460. The molecule has 2 N–H and O–H groups in total. The molecule has 1 unspecified atom stereocenters. The smallest absolute Gasteiger partial charge is 0.0513 e. The average molecular weight is 243 g/mol. The number of nitrogens with two attached hydrogens (primary N) is 1. The summed E-state index contributed by atoms with van der Waals surface area (Å²) < 4.78 is 6.28. The molecule has 0 aromatic heterocycles. The second-order valence-corrected chi connectivity index (χ2v) is 2.80. The SMILES string of the molecule is CCOCC(CN)CI. The Balaban J connectivity index is 3.09. The van der Waals surface area contributed by atoms with Crippen LogP contribution in [0.5, 0.6) is 0 Å². The van der Waals surface area contributed by atoms with Gasteiger partial charge in [-0.2, -0.15) is 0 Å². The number of ether oxygens (including phenoxy) is 1. The van der Waals surface area contributed by atoms with Crippen molar-refractivity contribution in [1.29, 1.82) is 0 Å². The molecular weight excluding hydrogens is 229 g/mol. The Morgan fingerprint density at radius 3 is 2.67 bits per heavy atom. The van der Waals surface area contributed by atoms with Gasteiger partial charge in [-0.3, -0.25) is 0 Å². The highest BCUT2D eigenvalue weighted by Gasteiger charge is 2.02. The molecule has 0 aliphatic heterocycles. The monoisotopic (exact) mass is 243 g/mol. The fraction of sp³-hybridized carbons (Fsp3) is 1.00. The molecule has 3 heteroatoms. The van der Waals surface area contributed by atoms with E-state index in [1.54, 1.807) is 0 Å². The van der Waals surface area contributed by atoms with Crippen LogP contribution in [0.25, 0.3) is 0 Å². The highest BCUT2D eigenvalue weighted by atomic mass is 127. The summed E-state index contributed by atoms with van der Waals surface area (Å²) in [4.78, 5) is 0. The normalized spacial score (nSPS) is 13.7. The zero-order valence-corrected chi connectivity index (χ0v) is 7.93. The van der Waals surface area contributed by atoms with E-state index in [1.807, 2.05) is 6.92 Å². The summed E-state index contributed by atoms with van der Waals surface area (Å²) in [6, 6.07) is 0. The average Bonchev–Trinajstić information content (AvgIpc) is 1.91. The minimum Gasteiger partial charge on any atom is -0.381 e. The summed E-state index contributed by atoms with van der Waals surface area (Å²) in [5, 5.41) is 0. The predicted molar refractivity (Wildman–Crippen MR) is 47.9 cm³/mol. The minimum absolute atomic E-state index is 0.547. The Hall–Kier alpha value is 0.650. The van der Waals surface area contributed by atoms with E-state index in [9.17, 15) is 0 Å². The van der Waals surface area contributed by atoms with E-state index in [0.29, 0.717) is 5.92 Å². The van der Waals surface area contributed by atoms with Crippen molar-refractivity contribution in [3.8, 4) is 0 Å². The van der Waals surface area contributed by atoms with Crippen molar-refractivity contribution in [2.45, 2.75) is 6.92 Å². The lowest BCUT2D eigenvalue weighted by atomic mass is 10.2. The van der Waals surface area contributed by atoms with Crippen molar-refractivity contribution in [3.63, 3.8) is 0 Å². The maximum absolute atomic E-state index is 5.44. The summed E-state index contributed by atoms with van der Waals surface area (Å²) in [7, 11) is 0. The van der Waals surface area contributed by atoms with Crippen molar-refractivity contribution in [2.24, 2.45) is 11.7 Å². The van der Waals surface area contributed by atoms with Gasteiger partial charge in [0.1, 0.15) is 0 Å². The Morgan fingerprint density at radius 2 is 2.33 bits per heavy atom. The topological polar surface area (TPSA) is 35.2 Å². The first-order chi connectivity index (χ1) is 4.35. The molecule has 0 rings (SSSR count). The molecule has 9 heavy (non-hydrogen) atoms. The maximum atomic E-state index is 5.44. The van der Waals surface area contributed by atoms with E-state index in [-0.39, 0.29) is 0 Å².